The van der Waals surface area contributed by atoms with Crippen LogP contribution in [-0.4, -0.2) is 15.0 Å². The SMILES string of the molecule is CCc1c(C(N)CC)nnn1-c1cc(F)c(Br)cc1C. The third kappa shape index (κ3) is 2.62. The van der Waals surface area contributed by atoms with Gasteiger partial charge in [-0.3, -0.25) is 0 Å². The molecule has 1 aromatic carbocycles. The molecule has 4 nitrogen and oxygen atoms in total. The van der Waals surface area contributed by atoms with Crippen LogP contribution in [0.5, 0.6) is 0 Å². The number of aromatic nitrogens is 3. The standard InChI is InChI=1S/C14H18BrFN4/c1-4-11(17)14-12(5-2)20(19-18-14)13-7-10(16)9(15)6-8(13)3/h6-7,11H,4-5,17H2,1-3H3. The average molecular weight is 341 g/mol. The lowest BCUT2D eigenvalue weighted by Gasteiger charge is -2.12. The lowest BCUT2D eigenvalue weighted by Crippen LogP contribution is -2.12. The summed E-state index contributed by atoms with van der Waals surface area (Å²) in [6.45, 7) is 5.94. The predicted molar refractivity (Wildman–Crippen MR) is 80.4 cm³/mol. The minimum atomic E-state index is -0.315. The second kappa shape index (κ2) is 6.01. The molecule has 0 aliphatic carbocycles. The number of rotatable bonds is 4. The molecule has 0 fully saturated rings. The van der Waals surface area contributed by atoms with E-state index in [9.17, 15) is 4.39 Å². The second-order valence-electron chi connectivity index (χ2n) is 4.75. The maximum Gasteiger partial charge on any atom is 0.139 e. The first kappa shape index (κ1) is 15.1. The summed E-state index contributed by atoms with van der Waals surface area (Å²) in [6, 6.07) is 3.07. The van der Waals surface area contributed by atoms with Gasteiger partial charge in [-0.15, -0.1) is 5.10 Å². The highest BCUT2D eigenvalue weighted by Crippen LogP contribution is 2.26. The molecule has 0 saturated heterocycles. The highest BCUT2D eigenvalue weighted by molar-refractivity contribution is 9.10. The van der Waals surface area contributed by atoms with Gasteiger partial charge in [-0.05, 0) is 47.3 Å². The summed E-state index contributed by atoms with van der Waals surface area (Å²) in [5.41, 5.74) is 9.40. The molecule has 1 atom stereocenters. The molecule has 0 radical (unpaired) electrons. The molecule has 6 heteroatoms. The van der Waals surface area contributed by atoms with Crippen molar-refractivity contribution in [3.63, 3.8) is 0 Å². The van der Waals surface area contributed by atoms with E-state index in [2.05, 4.69) is 26.2 Å². The van der Waals surface area contributed by atoms with Crippen molar-refractivity contribution in [3.05, 3.63) is 39.4 Å². The minimum absolute atomic E-state index is 0.140. The summed E-state index contributed by atoms with van der Waals surface area (Å²) in [5.74, 6) is -0.315. The zero-order valence-corrected chi connectivity index (χ0v) is 13.4. The molecule has 1 aromatic heterocycles. The van der Waals surface area contributed by atoms with Crippen LogP contribution < -0.4 is 5.73 Å². The summed E-state index contributed by atoms with van der Waals surface area (Å²) >= 11 is 3.19. The van der Waals surface area contributed by atoms with Crippen molar-refractivity contribution in [2.75, 3.05) is 0 Å². The molecule has 0 aliphatic rings. The van der Waals surface area contributed by atoms with Gasteiger partial charge in [-0.2, -0.15) is 0 Å². The Hall–Kier alpha value is -1.27. The Morgan fingerprint density at radius 1 is 1.40 bits per heavy atom. The largest absolute Gasteiger partial charge is 0.323 e. The third-order valence-electron chi connectivity index (χ3n) is 3.39. The van der Waals surface area contributed by atoms with E-state index in [0.717, 1.165) is 29.8 Å². The Labute approximate surface area is 126 Å². The molecule has 0 saturated carbocycles. The topological polar surface area (TPSA) is 56.7 Å². The summed E-state index contributed by atoms with van der Waals surface area (Å²) in [5, 5.41) is 8.34. The van der Waals surface area contributed by atoms with Crippen LogP contribution in [0.1, 0.15) is 43.3 Å². The minimum Gasteiger partial charge on any atom is -0.323 e. The normalized spacial score (nSPS) is 12.7. The molecule has 0 spiro atoms. The first-order valence-corrected chi connectivity index (χ1v) is 7.44. The lowest BCUT2D eigenvalue weighted by molar-refractivity contribution is 0.616. The van der Waals surface area contributed by atoms with E-state index < -0.39 is 0 Å². The van der Waals surface area contributed by atoms with Crippen LogP contribution in [0.3, 0.4) is 0 Å². The number of benzene rings is 1. The summed E-state index contributed by atoms with van der Waals surface area (Å²) in [4.78, 5) is 0. The molecule has 108 valence electrons. The Bertz CT molecular complexity index is 624. The van der Waals surface area contributed by atoms with Gasteiger partial charge >= 0.3 is 0 Å². The van der Waals surface area contributed by atoms with Crippen molar-refractivity contribution >= 4 is 15.9 Å². The first-order chi connectivity index (χ1) is 9.49. The molecule has 0 bridgehead atoms. The zero-order chi connectivity index (χ0) is 14.9. The molecule has 20 heavy (non-hydrogen) atoms. The number of nitrogens with zero attached hydrogens (tertiary/aromatic N) is 3. The van der Waals surface area contributed by atoms with E-state index in [0.29, 0.717) is 10.2 Å². The lowest BCUT2D eigenvalue weighted by atomic mass is 10.1. The molecule has 1 heterocycles. The number of hydrogen-bond acceptors (Lipinski definition) is 3. The smallest absolute Gasteiger partial charge is 0.139 e. The Balaban J connectivity index is 2.59. The second-order valence-corrected chi connectivity index (χ2v) is 5.61. The van der Waals surface area contributed by atoms with Crippen molar-refractivity contribution in [1.82, 2.24) is 15.0 Å². The van der Waals surface area contributed by atoms with Gasteiger partial charge in [-0.1, -0.05) is 19.1 Å². The Morgan fingerprint density at radius 3 is 2.70 bits per heavy atom. The molecular formula is C14H18BrFN4. The summed E-state index contributed by atoms with van der Waals surface area (Å²) in [6.07, 6.45) is 1.53. The van der Waals surface area contributed by atoms with Crippen LogP contribution >= 0.6 is 15.9 Å². The first-order valence-electron chi connectivity index (χ1n) is 6.65. The van der Waals surface area contributed by atoms with Gasteiger partial charge in [0.05, 0.1) is 21.9 Å². The van der Waals surface area contributed by atoms with Crippen LogP contribution in [0.25, 0.3) is 5.69 Å². The fraction of sp³-hybridized carbons (Fsp3) is 0.429. The molecule has 0 aliphatic heterocycles. The van der Waals surface area contributed by atoms with Crippen molar-refractivity contribution in [2.24, 2.45) is 5.73 Å². The predicted octanol–water partition coefficient (Wildman–Crippen LogP) is 3.45. The fourth-order valence-corrected chi connectivity index (χ4v) is 2.64. The van der Waals surface area contributed by atoms with Crippen molar-refractivity contribution in [2.45, 2.75) is 39.7 Å². The average Bonchev–Trinajstić information content (AvgIpc) is 2.85. The highest BCUT2D eigenvalue weighted by Gasteiger charge is 2.19. The fourth-order valence-electron chi connectivity index (χ4n) is 2.18. The van der Waals surface area contributed by atoms with Crippen LogP contribution in [0.4, 0.5) is 4.39 Å². The van der Waals surface area contributed by atoms with E-state index in [1.165, 1.54) is 6.07 Å². The van der Waals surface area contributed by atoms with Gasteiger partial charge in [0.1, 0.15) is 11.5 Å². The van der Waals surface area contributed by atoms with Crippen molar-refractivity contribution in [1.29, 1.82) is 0 Å². The molecule has 2 N–H and O–H groups in total. The molecule has 0 amide bonds. The van der Waals surface area contributed by atoms with Gasteiger partial charge in [-0.25, -0.2) is 9.07 Å². The van der Waals surface area contributed by atoms with Gasteiger partial charge < -0.3 is 5.73 Å². The number of aryl methyl sites for hydroxylation is 1. The van der Waals surface area contributed by atoms with Crippen LogP contribution in [-0.2, 0) is 6.42 Å². The summed E-state index contributed by atoms with van der Waals surface area (Å²) < 4.78 is 15.9. The molecule has 1 unspecified atom stereocenters. The zero-order valence-electron chi connectivity index (χ0n) is 11.8. The highest BCUT2D eigenvalue weighted by atomic mass is 79.9. The van der Waals surface area contributed by atoms with Crippen molar-refractivity contribution < 1.29 is 4.39 Å². The monoisotopic (exact) mass is 340 g/mol. The van der Waals surface area contributed by atoms with Gasteiger partial charge in [0.25, 0.3) is 0 Å². The molecular weight excluding hydrogens is 323 g/mol. The molecule has 2 rings (SSSR count). The number of nitrogens with two attached hydrogens (primary N) is 1. The maximum atomic E-state index is 13.8. The Kier molecular flexibility index (Phi) is 4.55. The van der Waals surface area contributed by atoms with E-state index in [1.807, 2.05) is 20.8 Å². The quantitative estimate of drug-likeness (QED) is 0.927. The molecule has 2 aromatic rings. The van der Waals surface area contributed by atoms with Crippen LogP contribution in [0.15, 0.2) is 16.6 Å². The van der Waals surface area contributed by atoms with Crippen LogP contribution in [0.2, 0.25) is 0 Å². The summed E-state index contributed by atoms with van der Waals surface area (Å²) in [7, 11) is 0. The van der Waals surface area contributed by atoms with E-state index >= 15 is 0 Å². The van der Waals surface area contributed by atoms with E-state index in [4.69, 9.17) is 5.73 Å². The maximum absolute atomic E-state index is 13.8. The van der Waals surface area contributed by atoms with E-state index in [1.54, 1.807) is 10.7 Å². The van der Waals surface area contributed by atoms with Gasteiger partial charge in [0.2, 0.25) is 0 Å². The Morgan fingerprint density at radius 2 is 2.10 bits per heavy atom. The van der Waals surface area contributed by atoms with Gasteiger partial charge in [0.15, 0.2) is 0 Å². The van der Waals surface area contributed by atoms with Gasteiger partial charge in [0, 0.05) is 6.07 Å². The van der Waals surface area contributed by atoms with Crippen LogP contribution in [0, 0.1) is 12.7 Å². The van der Waals surface area contributed by atoms with Crippen molar-refractivity contribution in [3.8, 4) is 5.69 Å². The number of hydrogen-bond donors (Lipinski definition) is 1. The third-order valence-corrected chi connectivity index (χ3v) is 3.99. The number of halogens is 2. The van der Waals surface area contributed by atoms with E-state index in [-0.39, 0.29) is 11.9 Å².